The molecule has 0 saturated carbocycles. The van der Waals surface area contributed by atoms with E-state index in [-0.39, 0.29) is 29.9 Å². The van der Waals surface area contributed by atoms with Gasteiger partial charge in [-0.3, -0.25) is 14.4 Å². The van der Waals surface area contributed by atoms with E-state index in [1.165, 1.54) is 0 Å². The van der Waals surface area contributed by atoms with Gasteiger partial charge >= 0.3 is 12.0 Å². The predicted octanol–water partition coefficient (Wildman–Crippen LogP) is 1.09. The van der Waals surface area contributed by atoms with Crippen LogP contribution in [0.5, 0.6) is 0 Å². The molecule has 2 aliphatic heterocycles. The van der Waals surface area contributed by atoms with Gasteiger partial charge in [0.05, 0.1) is 12.1 Å². The smallest absolute Gasteiger partial charge is 0.320 e. The second-order valence-corrected chi connectivity index (χ2v) is 10.1. The highest BCUT2D eigenvalue weighted by Crippen LogP contribution is 2.33. The number of carbonyl (C=O) groups excluding carboxylic acids is 3. The standard InChI is InChI=1S/C22H39N5O5S/c23-15(21(30)31)8-5-7-13-25-18(28)10-2-1-6-12-24-19(29)11-4-3-9-17-20-16(14-33-17)26-22(32)27-20/h15-17,20H,1-14,23H2,(H,24,29)(H,25,28)(H,30,31)(H2,26,27,32)/t15?,16-,17?,20-/m0/s1. The zero-order chi connectivity index (χ0) is 24.1. The molecule has 0 radical (unpaired) electrons. The van der Waals surface area contributed by atoms with E-state index in [1.54, 1.807) is 0 Å². The van der Waals surface area contributed by atoms with Gasteiger partial charge in [0, 0.05) is 36.9 Å². The SMILES string of the molecule is NC(CCCCNC(=O)CCCCCNC(=O)CCCCC1SC[C@@H]2NC(=O)N[C@H]12)C(=O)O. The van der Waals surface area contributed by atoms with E-state index in [9.17, 15) is 19.2 Å². The molecule has 11 heteroatoms. The van der Waals surface area contributed by atoms with Gasteiger partial charge < -0.3 is 32.1 Å². The van der Waals surface area contributed by atoms with Crippen LogP contribution in [0.4, 0.5) is 4.79 Å². The highest BCUT2D eigenvalue weighted by atomic mass is 32.2. The molecular formula is C22H39N5O5S. The van der Waals surface area contributed by atoms with E-state index in [0.717, 1.165) is 44.3 Å². The van der Waals surface area contributed by atoms with Gasteiger partial charge in [0.15, 0.2) is 0 Å². The monoisotopic (exact) mass is 485 g/mol. The van der Waals surface area contributed by atoms with Crippen molar-refractivity contribution in [3.8, 4) is 0 Å². The molecule has 33 heavy (non-hydrogen) atoms. The lowest BCUT2D eigenvalue weighted by Crippen LogP contribution is -2.36. The Kier molecular flexibility index (Phi) is 12.4. The molecule has 7 N–H and O–H groups in total. The third-order valence-electron chi connectivity index (χ3n) is 6.06. The van der Waals surface area contributed by atoms with Crippen LogP contribution in [0.25, 0.3) is 0 Å². The number of aliphatic carboxylic acids is 1. The van der Waals surface area contributed by atoms with Crippen LogP contribution in [0.2, 0.25) is 0 Å². The Morgan fingerprint density at radius 1 is 0.970 bits per heavy atom. The minimum atomic E-state index is -0.994. The second kappa shape index (κ2) is 15.0. The molecule has 0 aliphatic carbocycles. The summed E-state index contributed by atoms with van der Waals surface area (Å²) in [6, 6.07) is -0.427. The van der Waals surface area contributed by atoms with E-state index >= 15 is 0 Å². The summed E-state index contributed by atoms with van der Waals surface area (Å²) in [5.74, 6) is 0.0374. The first kappa shape index (κ1) is 27.2. The van der Waals surface area contributed by atoms with Gasteiger partial charge in [-0.2, -0.15) is 11.8 Å². The fourth-order valence-electron chi connectivity index (χ4n) is 4.11. The van der Waals surface area contributed by atoms with Gasteiger partial charge in [-0.15, -0.1) is 0 Å². The molecule has 2 heterocycles. The number of unbranched alkanes of at least 4 members (excludes halogenated alkanes) is 4. The van der Waals surface area contributed by atoms with E-state index in [2.05, 4.69) is 21.3 Å². The van der Waals surface area contributed by atoms with Crippen LogP contribution in [-0.2, 0) is 14.4 Å². The number of amides is 4. The number of hydrogen-bond acceptors (Lipinski definition) is 6. The van der Waals surface area contributed by atoms with Crippen molar-refractivity contribution in [3.63, 3.8) is 0 Å². The third kappa shape index (κ3) is 10.6. The normalized spacial score (nSPS) is 22.2. The van der Waals surface area contributed by atoms with Gasteiger partial charge in [0.1, 0.15) is 6.04 Å². The molecule has 2 unspecified atom stereocenters. The van der Waals surface area contributed by atoms with Crippen LogP contribution in [-0.4, -0.2) is 71.1 Å². The number of thioether (sulfide) groups is 1. The summed E-state index contributed by atoms with van der Waals surface area (Å²) in [6.07, 6.45) is 8.12. The highest BCUT2D eigenvalue weighted by Gasteiger charge is 2.42. The minimum absolute atomic E-state index is 0.00117. The predicted molar refractivity (Wildman–Crippen MR) is 128 cm³/mol. The van der Waals surface area contributed by atoms with Crippen molar-refractivity contribution >= 4 is 35.6 Å². The van der Waals surface area contributed by atoms with Gasteiger partial charge in [-0.1, -0.05) is 12.8 Å². The van der Waals surface area contributed by atoms with Crippen LogP contribution < -0.4 is 27.0 Å². The highest BCUT2D eigenvalue weighted by molar-refractivity contribution is 8.00. The number of nitrogens with two attached hydrogens (primary N) is 1. The fraction of sp³-hybridized carbons (Fsp3) is 0.818. The van der Waals surface area contributed by atoms with Crippen LogP contribution in [0.1, 0.15) is 70.6 Å². The Labute approximate surface area is 199 Å². The molecule has 2 aliphatic rings. The zero-order valence-corrected chi connectivity index (χ0v) is 20.1. The first-order valence-electron chi connectivity index (χ1n) is 12.1. The average Bonchev–Trinajstić information content (AvgIpc) is 3.32. The van der Waals surface area contributed by atoms with E-state index < -0.39 is 12.0 Å². The maximum atomic E-state index is 12.0. The number of carbonyl (C=O) groups is 4. The second-order valence-electron chi connectivity index (χ2n) is 8.82. The lowest BCUT2D eigenvalue weighted by Gasteiger charge is -2.16. The van der Waals surface area contributed by atoms with Gasteiger partial charge in [0.2, 0.25) is 11.8 Å². The van der Waals surface area contributed by atoms with Crippen LogP contribution >= 0.6 is 11.8 Å². The van der Waals surface area contributed by atoms with Crippen LogP contribution in [0.3, 0.4) is 0 Å². The summed E-state index contributed by atoms with van der Waals surface area (Å²) in [5, 5.41) is 20.8. The van der Waals surface area contributed by atoms with Crippen molar-refractivity contribution in [1.29, 1.82) is 0 Å². The Hall–Kier alpha value is -2.01. The average molecular weight is 486 g/mol. The number of fused-ring (bicyclic) bond motifs is 1. The van der Waals surface area contributed by atoms with Crippen molar-refractivity contribution in [1.82, 2.24) is 21.3 Å². The number of carboxylic acid groups (broad SMARTS) is 1. The van der Waals surface area contributed by atoms with Crippen molar-refractivity contribution in [2.75, 3.05) is 18.8 Å². The van der Waals surface area contributed by atoms with Crippen LogP contribution in [0, 0.1) is 0 Å². The number of nitrogens with one attached hydrogen (secondary N) is 4. The lowest BCUT2D eigenvalue weighted by atomic mass is 10.0. The van der Waals surface area contributed by atoms with Crippen molar-refractivity contribution in [3.05, 3.63) is 0 Å². The first-order chi connectivity index (χ1) is 15.9. The Morgan fingerprint density at radius 3 is 2.27 bits per heavy atom. The number of hydrogen-bond donors (Lipinski definition) is 6. The molecule has 2 saturated heterocycles. The summed E-state index contributed by atoms with van der Waals surface area (Å²) in [7, 11) is 0. The van der Waals surface area contributed by atoms with Gasteiger partial charge in [0.25, 0.3) is 0 Å². The summed E-state index contributed by atoms with van der Waals surface area (Å²) < 4.78 is 0. The maximum absolute atomic E-state index is 12.0. The molecule has 0 aromatic carbocycles. The van der Waals surface area contributed by atoms with Crippen LogP contribution in [0.15, 0.2) is 0 Å². The van der Waals surface area contributed by atoms with Crippen molar-refractivity contribution < 1.29 is 24.3 Å². The number of urea groups is 1. The third-order valence-corrected chi connectivity index (χ3v) is 7.57. The molecule has 2 fully saturated rings. The first-order valence-corrected chi connectivity index (χ1v) is 13.1. The molecular weight excluding hydrogens is 446 g/mol. The zero-order valence-electron chi connectivity index (χ0n) is 19.3. The summed E-state index contributed by atoms with van der Waals surface area (Å²) in [6.45, 7) is 1.16. The van der Waals surface area contributed by atoms with Gasteiger partial charge in [-0.25, -0.2) is 4.79 Å². The molecule has 4 atom stereocenters. The summed E-state index contributed by atoms with van der Waals surface area (Å²) >= 11 is 1.90. The van der Waals surface area contributed by atoms with E-state index in [1.807, 2.05) is 11.8 Å². The molecule has 2 rings (SSSR count). The fourth-order valence-corrected chi connectivity index (χ4v) is 5.65. The quantitative estimate of drug-likeness (QED) is 0.133. The number of carboxylic acids is 1. The molecule has 0 spiro atoms. The van der Waals surface area contributed by atoms with Gasteiger partial charge in [-0.05, 0) is 44.9 Å². The Balaban J connectivity index is 1.36. The largest absolute Gasteiger partial charge is 0.480 e. The summed E-state index contributed by atoms with van der Waals surface area (Å²) in [5.41, 5.74) is 5.43. The molecule has 10 nitrogen and oxygen atoms in total. The number of rotatable bonds is 17. The molecule has 188 valence electrons. The topological polar surface area (TPSA) is 163 Å². The maximum Gasteiger partial charge on any atom is 0.320 e. The van der Waals surface area contributed by atoms with E-state index in [0.29, 0.717) is 50.4 Å². The lowest BCUT2D eigenvalue weighted by molar-refractivity contribution is -0.138. The Bertz CT molecular complexity index is 665. The molecule has 0 bridgehead atoms. The Morgan fingerprint density at radius 2 is 1.61 bits per heavy atom. The minimum Gasteiger partial charge on any atom is -0.480 e. The molecule has 4 amide bonds. The van der Waals surface area contributed by atoms with E-state index in [4.69, 9.17) is 10.8 Å². The van der Waals surface area contributed by atoms with Crippen molar-refractivity contribution in [2.24, 2.45) is 5.73 Å². The van der Waals surface area contributed by atoms with Crippen molar-refractivity contribution in [2.45, 2.75) is 94.0 Å². The molecule has 0 aromatic heterocycles. The molecule has 0 aromatic rings. The summed E-state index contributed by atoms with van der Waals surface area (Å²) in [4.78, 5) is 45.8.